The van der Waals surface area contributed by atoms with Crippen molar-refractivity contribution in [2.75, 3.05) is 23.3 Å². The number of hydrogen-bond donors (Lipinski definition) is 2. The third kappa shape index (κ3) is 3.79. The predicted octanol–water partition coefficient (Wildman–Crippen LogP) is 2.52. The number of carbonyl (C=O) groups excluding carboxylic acids is 1. The van der Waals surface area contributed by atoms with Crippen LogP contribution < -0.4 is 10.2 Å². The summed E-state index contributed by atoms with van der Waals surface area (Å²) in [6.45, 7) is 4.77. The highest BCUT2D eigenvalue weighted by Gasteiger charge is 2.26. The van der Waals surface area contributed by atoms with Crippen LogP contribution in [0.1, 0.15) is 30.0 Å². The second kappa shape index (κ2) is 7.59. The molecule has 1 atom stereocenters. The number of aryl methyl sites for hydroxylation is 2. The minimum atomic E-state index is -0.423. The van der Waals surface area contributed by atoms with Gasteiger partial charge in [0, 0.05) is 44.4 Å². The Morgan fingerprint density at radius 2 is 2.16 bits per heavy atom. The van der Waals surface area contributed by atoms with Crippen LogP contribution in [0.25, 0.3) is 11.2 Å². The van der Waals surface area contributed by atoms with Gasteiger partial charge in [0.05, 0.1) is 17.5 Å². The van der Waals surface area contributed by atoms with E-state index in [1.165, 1.54) is 0 Å². The Morgan fingerprint density at radius 1 is 1.29 bits per heavy atom. The molecule has 0 bridgehead atoms. The Bertz CT molecular complexity index is 1250. The number of pyridine rings is 2. The molecule has 1 unspecified atom stereocenters. The van der Waals surface area contributed by atoms with Crippen molar-refractivity contribution in [2.45, 2.75) is 32.8 Å². The summed E-state index contributed by atoms with van der Waals surface area (Å²) < 4.78 is 5.60. The number of nitrogens with one attached hydrogen (secondary N) is 1. The quantitative estimate of drug-likeness (QED) is 0.669. The van der Waals surface area contributed by atoms with E-state index in [-0.39, 0.29) is 5.91 Å². The standard InChI is InChI=1S/C22H22N6O3/c1-12-9-14(5-7-23-12)16-3-4-17(25-16)22(30)26-18-10-19-20(24-13(2)31-19)27-21(18)28-8-6-15(29)11-28/h4-5,7,9-10,15,29H,3,6,8,11H2,1-2H3,(H,26,30). The highest BCUT2D eigenvalue weighted by molar-refractivity contribution is 6.12. The molecule has 1 fully saturated rings. The molecule has 0 radical (unpaired) electrons. The Hall–Kier alpha value is -3.59. The summed E-state index contributed by atoms with van der Waals surface area (Å²) in [5.74, 6) is 0.746. The summed E-state index contributed by atoms with van der Waals surface area (Å²) in [6, 6.07) is 5.57. The van der Waals surface area contributed by atoms with Crippen molar-refractivity contribution >= 4 is 34.4 Å². The average Bonchev–Trinajstić information content (AvgIpc) is 3.46. The lowest BCUT2D eigenvalue weighted by Gasteiger charge is -2.20. The number of aliphatic hydroxyl groups excluding tert-OH is 1. The minimum Gasteiger partial charge on any atom is -0.439 e. The topological polar surface area (TPSA) is 117 Å². The van der Waals surface area contributed by atoms with E-state index < -0.39 is 6.10 Å². The normalized spacial score (nSPS) is 18.4. The smallest absolute Gasteiger partial charge is 0.274 e. The van der Waals surface area contributed by atoms with Gasteiger partial charge in [-0.05, 0) is 37.1 Å². The third-order valence-corrected chi connectivity index (χ3v) is 5.39. The molecule has 5 rings (SSSR count). The first-order chi connectivity index (χ1) is 15.0. The number of allylic oxidation sites excluding steroid dienone is 1. The molecule has 1 amide bonds. The lowest BCUT2D eigenvalue weighted by Crippen LogP contribution is -2.24. The van der Waals surface area contributed by atoms with Crippen LogP contribution in [0.15, 0.2) is 45.6 Å². The maximum absolute atomic E-state index is 13.0. The number of rotatable bonds is 4. The largest absolute Gasteiger partial charge is 0.439 e. The number of β-amino-alcohol motifs (C(OH)–C–C–N with tert-alkyl or cyclic N) is 1. The molecule has 9 nitrogen and oxygen atoms in total. The molecule has 3 aromatic rings. The van der Waals surface area contributed by atoms with E-state index in [4.69, 9.17) is 4.42 Å². The van der Waals surface area contributed by atoms with Crippen molar-refractivity contribution in [2.24, 2.45) is 4.99 Å². The molecule has 2 aliphatic rings. The summed E-state index contributed by atoms with van der Waals surface area (Å²) in [5.41, 5.74) is 4.51. The van der Waals surface area contributed by atoms with Gasteiger partial charge in [-0.1, -0.05) is 0 Å². The second-order valence-corrected chi connectivity index (χ2v) is 7.79. The van der Waals surface area contributed by atoms with Gasteiger partial charge in [0.2, 0.25) is 5.65 Å². The van der Waals surface area contributed by atoms with Crippen LogP contribution in [0.5, 0.6) is 0 Å². The maximum atomic E-state index is 13.0. The molecule has 9 heteroatoms. The first-order valence-electron chi connectivity index (χ1n) is 10.2. The molecular formula is C22H22N6O3. The van der Waals surface area contributed by atoms with Crippen LogP contribution in [0.3, 0.4) is 0 Å². The number of anilines is 2. The number of fused-ring (bicyclic) bond motifs is 1. The average molecular weight is 418 g/mol. The van der Waals surface area contributed by atoms with Gasteiger partial charge in [0.15, 0.2) is 17.3 Å². The predicted molar refractivity (Wildman–Crippen MR) is 116 cm³/mol. The number of aliphatic imine (C=N–C) groups is 1. The summed E-state index contributed by atoms with van der Waals surface area (Å²) in [6.07, 6.45) is 4.35. The fraction of sp³-hybridized carbons (Fsp3) is 0.318. The number of amides is 1. The number of oxazole rings is 1. The maximum Gasteiger partial charge on any atom is 0.274 e. The van der Waals surface area contributed by atoms with Crippen LogP contribution in [0.4, 0.5) is 11.5 Å². The SMILES string of the molecule is Cc1cc(C2=NC(C(=O)Nc3cc4oc(C)nc4nc3N3CCC(O)C3)=CC2)ccn1. The molecule has 0 aliphatic carbocycles. The lowest BCUT2D eigenvalue weighted by atomic mass is 10.1. The van der Waals surface area contributed by atoms with E-state index in [1.807, 2.05) is 30.0 Å². The van der Waals surface area contributed by atoms with Gasteiger partial charge in [-0.15, -0.1) is 0 Å². The zero-order valence-corrected chi connectivity index (χ0v) is 17.3. The van der Waals surface area contributed by atoms with Crippen LogP contribution in [-0.4, -0.2) is 50.9 Å². The molecular weight excluding hydrogens is 396 g/mol. The van der Waals surface area contributed by atoms with Crippen molar-refractivity contribution in [3.05, 3.63) is 53.3 Å². The van der Waals surface area contributed by atoms with Gasteiger partial charge in [0.1, 0.15) is 5.70 Å². The van der Waals surface area contributed by atoms with E-state index in [9.17, 15) is 9.90 Å². The van der Waals surface area contributed by atoms with Gasteiger partial charge in [-0.3, -0.25) is 9.78 Å². The van der Waals surface area contributed by atoms with Gasteiger partial charge < -0.3 is 19.7 Å². The lowest BCUT2D eigenvalue weighted by molar-refractivity contribution is -0.112. The van der Waals surface area contributed by atoms with Gasteiger partial charge in [-0.25, -0.2) is 9.98 Å². The molecule has 2 N–H and O–H groups in total. The molecule has 5 heterocycles. The number of aliphatic hydroxyl groups is 1. The molecule has 0 saturated carbocycles. The summed E-state index contributed by atoms with van der Waals surface area (Å²) in [4.78, 5) is 32.6. The second-order valence-electron chi connectivity index (χ2n) is 7.79. The van der Waals surface area contributed by atoms with E-state index in [2.05, 4.69) is 25.3 Å². The van der Waals surface area contributed by atoms with E-state index in [0.29, 0.717) is 60.3 Å². The van der Waals surface area contributed by atoms with Crippen LogP contribution in [-0.2, 0) is 4.79 Å². The number of nitrogens with zero attached hydrogens (tertiary/aromatic N) is 5. The van der Waals surface area contributed by atoms with E-state index in [1.54, 1.807) is 19.2 Å². The monoisotopic (exact) mass is 418 g/mol. The molecule has 1 saturated heterocycles. The summed E-state index contributed by atoms with van der Waals surface area (Å²) >= 11 is 0. The van der Waals surface area contributed by atoms with Crippen molar-refractivity contribution in [1.82, 2.24) is 15.0 Å². The van der Waals surface area contributed by atoms with Crippen LogP contribution in [0, 0.1) is 13.8 Å². The molecule has 0 spiro atoms. The Balaban J connectivity index is 1.43. The fourth-order valence-corrected chi connectivity index (χ4v) is 3.90. The van der Waals surface area contributed by atoms with Crippen molar-refractivity contribution < 1.29 is 14.3 Å². The fourth-order valence-electron chi connectivity index (χ4n) is 3.90. The summed E-state index contributed by atoms with van der Waals surface area (Å²) in [5, 5.41) is 12.9. The number of aromatic nitrogens is 3. The van der Waals surface area contributed by atoms with Gasteiger partial charge in [0.25, 0.3) is 5.91 Å². The highest BCUT2D eigenvalue weighted by Crippen LogP contribution is 2.31. The first-order valence-corrected chi connectivity index (χ1v) is 10.2. The molecule has 2 aliphatic heterocycles. The third-order valence-electron chi connectivity index (χ3n) is 5.39. The van der Waals surface area contributed by atoms with Crippen molar-refractivity contribution in [3.8, 4) is 0 Å². The minimum absolute atomic E-state index is 0.320. The Kier molecular flexibility index (Phi) is 4.74. The Morgan fingerprint density at radius 3 is 2.94 bits per heavy atom. The number of carbonyl (C=O) groups is 1. The van der Waals surface area contributed by atoms with Crippen LogP contribution in [0.2, 0.25) is 0 Å². The van der Waals surface area contributed by atoms with Gasteiger partial charge in [-0.2, -0.15) is 4.98 Å². The van der Waals surface area contributed by atoms with Crippen molar-refractivity contribution in [3.63, 3.8) is 0 Å². The van der Waals surface area contributed by atoms with Crippen LogP contribution >= 0.6 is 0 Å². The Labute approximate surface area is 178 Å². The molecule has 158 valence electrons. The molecule has 3 aromatic heterocycles. The van der Waals surface area contributed by atoms with Gasteiger partial charge >= 0.3 is 0 Å². The van der Waals surface area contributed by atoms with E-state index >= 15 is 0 Å². The molecule has 31 heavy (non-hydrogen) atoms. The van der Waals surface area contributed by atoms with E-state index in [0.717, 1.165) is 17.0 Å². The number of hydrogen-bond acceptors (Lipinski definition) is 8. The zero-order valence-electron chi connectivity index (χ0n) is 17.3. The molecule has 0 aromatic carbocycles. The summed E-state index contributed by atoms with van der Waals surface area (Å²) in [7, 11) is 0. The zero-order chi connectivity index (χ0) is 21.5. The first kappa shape index (κ1) is 19.4. The highest BCUT2D eigenvalue weighted by atomic mass is 16.3. The van der Waals surface area contributed by atoms with Crippen molar-refractivity contribution in [1.29, 1.82) is 0 Å².